The molecule has 1 N–H and O–H groups in total. The lowest BCUT2D eigenvalue weighted by molar-refractivity contribution is 0.242. The van der Waals surface area contributed by atoms with Gasteiger partial charge in [0, 0.05) is 12.5 Å². The van der Waals surface area contributed by atoms with Gasteiger partial charge in [-0.1, -0.05) is 31.8 Å². The zero-order valence-electron chi connectivity index (χ0n) is 12.0. The van der Waals surface area contributed by atoms with Crippen molar-refractivity contribution < 1.29 is 4.52 Å². The molecule has 0 bridgehead atoms. The van der Waals surface area contributed by atoms with Crippen LogP contribution >= 0.6 is 11.8 Å². The number of rotatable bonds is 7. The smallest absolute Gasteiger partial charge is 0.227 e. The highest BCUT2D eigenvalue weighted by Gasteiger charge is 2.26. The number of thioether (sulfide) groups is 1. The van der Waals surface area contributed by atoms with E-state index in [-0.39, 0.29) is 0 Å². The van der Waals surface area contributed by atoms with E-state index >= 15 is 0 Å². The molecule has 0 aromatic carbocycles. The Balaban J connectivity index is 1.89. The van der Waals surface area contributed by atoms with Crippen LogP contribution in [-0.4, -0.2) is 28.5 Å². The Morgan fingerprint density at radius 3 is 2.95 bits per heavy atom. The summed E-state index contributed by atoms with van der Waals surface area (Å²) >= 11 is 1.83. The maximum atomic E-state index is 5.39. The van der Waals surface area contributed by atoms with Crippen LogP contribution in [0.4, 0.5) is 0 Å². The summed E-state index contributed by atoms with van der Waals surface area (Å²) in [6.07, 6.45) is 6.17. The molecule has 1 aromatic heterocycles. The van der Waals surface area contributed by atoms with E-state index in [0.29, 0.717) is 12.0 Å². The van der Waals surface area contributed by atoms with Gasteiger partial charge in [-0.15, -0.1) is 0 Å². The van der Waals surface area contributed by atoms with Crippen molar-refractivity contribution in [3.63, 3.8) is 0 Å². The molecular formula is C14H25N3OS. The van der Waals surface area contributed by atoms with Gasteiger partial charge in [-0.25, -0.2) is 0 Å². The molecular weight excluding hydrogens is 258 g/mol. The van der Waals surface area contributed by atoms with Crippen LogP contribution in [-0.2, 0) is 12.2 Å². The number of aromatic nitrogens is 2. The molecule has 2 unspecified atom stereocenters. The third kappa shape index (κ3) is 4.49. The van der Waals surface area contributed by atoms with E-state index in [1.807, 2.05) is 11.8 Å². The quantitative estimate of drug-likeness (QED) is 0.833. The van der Waals surface area contributed by atoms with E-state index in [4.69, 9.17) is 4.52 Å². The first-order chi connectivity index (χ1) is 9.33. The van der Waals surface area contributed by atoms with Gasteiger partial charge in [-0.2, -0.15) is 16.7 Å². The predicted molar refractivity (Wildman–Crippen MR) is 79.3 cm³/mol. The largest absolute Gasteiger partial charge is 0.339 e. The summed E-state index contributed by atoms with van der Waals surface area (Å²) in [5, 5.41) is 7.66. The first-order valence-corrected chi connectivity index (χ1v) is 8.61. The molecule has 2 atom stereocenters. The number of nitrogens with zero attached hydrogens (tertiary/aromatic N) is 2. The lowest BCUT2D eigenvalue weighted by Crippen LogP contribution is -2.39. The van der Waals surface area contributed by atoms with Crippen LogP contribution in [0.1, 0.15) is 51.2 Å². The minimum absolute atomic E-state index is 0.624. The molecule has 19 heavy (non-hydrogen) atoms. The predicted octanol–water partition coefficient (Wildman–Crippen LogP) is 3.03. The molecule has 1 saturated carbocycles. The van der Waals surface area contributed by atoms with Gasteiger partial charge in [0.1, 0.15) is 0 Å². The molecule has 2 rings (SSSR count). The summed E-state index contributed by atoms with van der Waals surface area (Å²) in [5.74, 6) is 4.27. The molecule has 0 radical (unpaired) electrons. The van der Waals surface area contributed by atoms with Crippen molar-refractivity contribution in [1.82, 2.24) is 15.5 Å². The molecule has 1 aliphatic rings. The highest BCUT2D eigenvalue weighted by molar-refractivity contribution is 7.98. The van der Waals surface area contributed by atoms with Gasteiger partial charge in [-0.05, 0) is 31.1 Å². The molecule has 4 nitrogen and oxygen atoms in total. The summed E-state index contributed by atoms with van der Waals surface area (Å²) in [4.78, 5) is 4.51. The van der Waals surface area contributed by atoms with Gasteiger partial charge < -0.3 is 9.84 Å². The fourth-order valence-electron chi connectivity index (χ4n) is 2.83. The van der Waals surface area contributed by atoms with E-state index < -0.39 is 0 Å². The molecule has 1 aromatic rings. The van der Waals surface area contributed by atoms with E-state index in [1.165, 1.54) is 25.7 Å². The van der Waals surface area contributed by atoms with Crippen molar-refractivity contribution in [3.05, 3.63) is 11.7 Å². The summed E-state index contributed by atoms with van der Waals surface area (Å²) < 4.78 is 5.39. The van der Waals surface area contributed by atoms with Crippen LogP contribution in [0.15, 0.2) is 4.52 Å². The Kier molecular flexibility index (Phi) is 6.17. The zero-order valence-corrected chi connectivity index (χ0v) is 12.8. The third-order valence-electron chi connectivity index (χ3n) is 3.76. The Bertz CT molecular complexity index is 367. The molecule has 108 valence electrons. The maximum Gasteiger partial charge on any atom is 0.227 e. The second-order valence-corrected chi connectivity index (χ2v) is 6.43. The molecule has 1 heterocycles. The Hall–Kier alpha value is -0.550. The van der Waals surface area contributed by atoms with Crippen molar-refractivity contribution >= 4 is 11.8 Å². The van der Waals surface area contributed by atoms with Crippen LogP contribution in [0.3, 0.4) is 0 Å². The molecule has 0 saturated heterocycles. The van der Waals surface area contributed by atoms with E-state index in [9.17, 15) is 0 Å². The average Bonchev–Trinajstić information content (AvgIpc) is 2.87. The second-order valence-electron chi connectivity index (χ2n) is 5.15. The lowest BCUT2D eigenvalue weighted by Gasteiger charge is -2.31. The monoisotopic (exact) mass is 283 g/mol. The first-order valence-electron chi connectivity index (χ1n) is 7.46. The summed E-state index contributed by atoms with van der Waals surface area (Å²) in [6.45, 7) is 5.37. The van der Waals surface area contributed by atoms with E-state index in [1.54, 1.807) is 0 Å². The number of hydrogen-bond acceptors (Lipinski definition) is 5. The fraction of sp³-hybridized carbons (Fsp3) is 0.857. The van der Waals surface area contributed by atoms with Gasteiger partial charge >= 0.3 is 0 Å². The Labute approximate surface area is 120 Å². The van der Waals surface area contributed by atoms with Gasteiger partial charge in [0.25, 0.3) is 0 Å². The fourth-order valence-corrected chi connectivity index (χ4v) is 3.34. The topological polar surface area (TPSA) is 51.0 Å². The summed E-state index contributed by atoms with van der Waals surface area (Å²) in [7, 11) is 0. The van der Waals surface area contributed by atoms with Crippen molar-refractivity contribution in [2.24, 2.45) is 5.92 Å². The van der Waals surface area contributed by atoms with E-state index in [0.717, 1.165) is 36.2 Å². The highest BCUT2D eigenvalue weighted by atomic mass is 32.2. The van der Waals surface area contributed by atoms with Crippen LogP contribution < -0.4 is 5.32 Å². The van der Waals surface area contributed by atoms with Crippen LogP contribution in [0.2, 0.25) is 0 Å². The van der Waals surface area contributed by atoms with Crippen LogP contribution in [0.5, 0.6) is 0 Å². The zero-order chi connectivity index (χ0) is 13.5. The Morgan fingerprint density at radius 2 is 2.16 bits per heavy atom. The average molecular weight is 283 g/mol. The van der Waals surface area contributed by atoms with Gasteiger partial charge in [0.05, 0.1) is 5.75 Å². The minimum Gasteiger partial charge on any atom is -0.339 e. The molecule has 0 amide bonds. The van der Waals surface area contributed by atoms with Crippen LogP contribution in [0.25, 0.3) is 0 Å². The molecule has 1 fully saturated rings. The first kappa shape index (κ1) is 14.9. The SMILES string of the molecule is CCNC1CCCCC1Cc1nc(CSCC)no1. The third-order valence-corrected chi connectivity index (χ3v) is 4.63. The summed E-state index contributed by atoms with van der Waals surface area (Å²) in [6, 6.07) is 0.624. The van der Waals surface area contributed by atoms with E-state index in [2.05, 4.69) is 29.3 Å². The highest BCUT2D eigenvalue weighted by Crippen LogP contribution is 2.27. The molecule has 0 aliphatic heterocycles. The number of hydrogen-bond donors (Lipinski definition) is 1. The maximum absolute atomic E-state index is 5.39. The lowest BCUT2D eigenvalue weighted by atomic mass is 9.82. The van der Waals surface area contributed by atoms with Crippen molar-refractivity contribution in [2.45, 2.75) is 57.7 Å². The minimum atomic E-state index is 0.624. The standard InChI is InChI=1S/C14H25N3OS/c1-3-15-12-8-6-5-7-11(12)9-14-16-13(17-18-14)10-19-4-2/h11-12,15H,3-10H2,1-2H3. The summed E-state index contributed by atoms with van der Waals surface area (Å²) in [5.41, 5.74) is 0. The molecule has 5 heteroatoms. The Morgan fingerprint density at radius 1 is 1.32 bits per heavy atom. The van der Waals surface area contributed by atoms with Crippen molar-refractivity contribution in [2.75, 3.05) is 12.3 Å². The van der Waals surface area contributed by atoms with Gasteiger partial charge in [0.15, 0.2) is 5.82 Å². The number of nitrogens with one attached hydrogen (secondary N) is 1. The van der Waals surface area contributed by atoms with Gasteiger partial charge in [-0.3, -0.25) is 0 Å². The normalized spacial score (nSPS) is 23.7. The van der Waals surface area contributed by atoms with Crippen molar-refractivity contribution in [1.29, 1.82) is 0 Å². The van der Waals surface area contributed by atoms with Crippen molar-refractivity contribution in [3.8, 4) is 0 Å². The second kappa shape index (κ2) is 7.90. The van der Waals surface area contributed by atoms with Gasteiger partial charge in [0.2, 0.25) is 5.89 Å². The molecule has 1 aliphatic carbocycles. The molecule has 0 spiro atoms. The van der Waals surface area contributed by atoms with Crippen LogP contribution in [0, 0.1) is 5.92 Å².